The number of thiophene rings is 1. The lowest BCUT2D eigenvalue weighted by Gasteiger charge is -2.03. The Kier molecular flexibility index (Phi) is 2.99. The second-order valence-corrected chi connectivity index (χ2v) is 4.98. The quantitative estimate of drug-likeness (QED) is 0.656. The van der Waals surface area contributed by atoms with Crippen LogP contribution in [0.4, 0.5) is 5.69 Å². The molecule has 16 heavy (non-hydrogen) atoms. The van der Waals surface area contributed by atoms with Crippen LogP contribution in [0.3, 0.4) is 0 Å². The molecule has 0 fully saturated rings. The van der Waals surface area contributed by atoms with Crippen LogP contribution in [0.5, 0.6) is 0 Å². The summed E-state index contributed by atoms with van der Waals surface area (Å²) in [4.78, 5) is 13.1. The maximum absolute atomic E-state index is 12.1. The molecule has 0 saturated carbocycles. The van der Waals surface area contributed by atoms with E-state index in [4.69, 9.17) is 17.3 Å². The summed E-state index contributed by atoms with van der Waals surface area (Å²) in [5.41, 5.74) is 7.38. The summed E-state index contributed by atoms with van der Waals surface area (Å²) in [7, 11) is 0. The SMILES string of the molecule is Cc1sccc1C(=O)c1ccc(N)c(Cl)c1. The second-order valence-electron chi connectivity index (χ2n) is 3.46. The van der Waals surface area contributed by atoms with Gasteiger partial charge in [-0.25, -0.2) is 0 Å². The highest BCUT2D eigenvalue weighted by Crippen LogP contribution is 2.24. The van der Waals surface area contributed by atoms with E-state index in [1.54, 1.807) is 29.5 Å². The number of nitrogen functional groups attached to an aromatic ring is 1. The molecule has 2 rings (SSSR count). The largest absolute Gasteiger partial charge is 0.398 e. The normalized spacial score (nSPS) is 10.4. The molecule has 0 spiro atoms. The Labute approximate surface area is 103 Å². The first kappa shape index (κ1) is 11.2. The minimum atomic E-state index is -0.0133. The van der Waals surface area contributed by atoms with Crippen LogP contribution < -0.4 is 5.73 Å². The summed E-state index contributed by atoms with van der Waals surface area (Å²) in [5.74, 6) is -0.0133. The average molecular weight is 252 g/mol. The molecule has 2 nitrogen and oxygen atoms in total. The molecule has 0 atom stereocenters. The van der Waals surface area contributed by atoms with Gasteiger partial charge < -0.3 is 5.73 Å². The van der Waals surface area contributed by atoms with Crippen molar-refractivity contribution in [3.05, 3.63) is 50.7 Å². The van der Waals surface area contributed by atoms with Crippen molar-refractivity contribution in [2.24, 2.45) is 0 Å². The van der Waals surface area contributed by atoms with E-state index in [1.165, 1.54) is 0 Å². The maximum Gasteiger partial charge on any atom is 0.194 e. The molecule has 82 valence electrons. The molecule has 0 amide bonds. The molecule has 1 heterocycles. The molecule has 0 unspecified atom stereocenters. The summed E-state index contributed by atoms with van der Waals surface area (Å²) >= 11 is 7.44. The lowest BCUT2D eigenvalue weighted by molar-refractivity contribution is 0.103. The van der Waals surface area contributed by atoms with Crippen molar-refractivity contribution < 1.29 is 4.79 Å². The van der Waals surface area contributed by atoms with E-state index in [0.29, 0.717) is 16.3 Å². The molecule has 0 aliphatic rings. The third-order valence-corrected chi connectivity index (χ3v) is 3.54. The van der Waals surface area contributed by atoms with Gasteiger partial charge in [0.2, 0.25) is 0 Å². The van der Waals surface area contributed by atoms with Gasteiger partial charge in [-0.1, -0.05) is 11.6 Å². The summed E-state index contributed by atoms with van der Waals surface area (Å²) in [6, 6.07) is 6.78. The molecule has 0 bridgehead atoms. The number of hydrogen-bond donors (Lipinski definition) is 1. The van der Waals surface area contributed by atoms with Crippen LogP contribution in [0, 0.1) is 6.92 Å². The van der Waals surface area contributed by atoms with E-state index in [2.05, 4.69) is 0 Å². The number of aryl methyl sites for hydroxylation is 1. The molecule has 2 aromatic rings. The van der Waals surface area contributed by atoms with Gasteiger partial charge in [0.05, 0.1) is 10.7 Å². The van der Waals surface area contributed by atoms with E-state index in [1.807, 2.05) is 18.4 Å². The van der Waals surface area contributed by atoms with E-state index >= 15 is 0 Å². The van der Waals surface area contributed by atoms with Gasteiger partial charge in [-0.3, -0.25) is 4.79 Å². The van der Waals surface area contributed by atoms with Crippen LogP contribution in [-0.2, 0) is 0 Å². The molecule has 0 aliphatic carbocycles. The van der Waals surface area contributed by atoms with Crippen molar-refractivity contribution in [1.29, 1.82) is 0 Å². The monoisotopic (exact) mass is 251 g/mol. The number of benzene rings is 1. The standard InChI is InChI=1S/C12H10ClNOS/c1-7-9(4-5-16-7)12(15)8-2-3-11(14)10(13)6-8/h2-6H,14H2,1H3. The summed E-state index contributed by atoms with van der Waals surface area (Å²) in [5, 5.41) is 2.32. The summed E-state index contributed by atoms with van der Waals surface area (Å²) in [6.07, 6.45) is 0. The Hall–Kier alpha value is -1.32. The minimum Gasteiger partial charge on any atom is -0.398 e. The zero-order valence-corrected chi connectivity index (χ0v) is 10.2. The van der Waals surface area contributed by atoms with Crippen LogP contribution in [0.2, 0.25) is 5.02 Å². The van der Waals surface area contributed by atoms with Crippen molar-refractivity contribution >= 4 is 34.4 Å². The smallest absolute Gasteiger partial charge is 0.194 e. The molecule has 4 heteroatoms. The van der Waals surface area contributed by atoms with Crippen molar-refractivity contribution in [2.45, 2.75) is 6.92 Å². The number of halogens is 1. The molecule has 0 aliphatic heterocycles. The van der Waals surface area contributed by atoms with Crippen LogP contribution in [-0.4, -0.2) is 5.78 Å². The topological polar surface area (TPSA) is 43.1 Å². The van der Waals surface area contributed by atoms with Crippen LogP contribution in [0.15, 0.2) is 29.6 Å². The Morgan fingerprint density at radius 2 is 2.12 bits per heavy atom. The van der Waals surface area contributed by atoms with E-state index in [0.717, 1.165) is 10.4 Å². The summed E-state index contributed by atoms with van der Waals surface area (Å²) < 4.78 is 0. The van der Waals surface area contributed by atoms with Gasteiger partial charge in [-0.2, -0.15) is 0 Å². The van der Waals surface area contributed by atoms with E-state index < -0.39 is 0 Å². The third-order valence-electron chi connectivity index (χ3n) is 2.37. The number of carbonyl (C=O) groups excluding carboxylic acids is 1. The van der Waals surface area contributed by atoms with Crippen molar-refractivity contribution in [3.63, 3.8) is 0 Å². The highest BCUT2D eigenvalue weighted by molar-refractivity contribution is 7.10. The Bertz CT molecular complexity index is 548. The number of rotatable bonds is 2. The van der Waals surface area contributed by atoms with E-state index in [-0.39, 0.29) is 5.78 Å². The molecular weight excluding hydrogens is 242 g/mol. The number of anilines is 1. The average Bonchev–Trinajstić information content (AvgIpc) is 2.67. The number of hydrogen-bond acceptors (Lipinski definition) is 3. The number of carbonyl (C=O) groups is 1. The highest BCUT2D eigenvalue weighted by atomic mass is 35.5. The maximum atomic E-state index is 12.1. The van der Waals surface area contributed by atoms with Gasteiger partial charge in [-0.05, 0) is 36.6 Å². The molecule has 2 N–H and O–H groups in total. The molecule has 0 radical (unpaired) electrons. The first-order valence-electron chi connectivity index (χ1n) is 4.73. The van der Waals surface area contributed by atoms with Crippen LogP contribution in [0.25, 0.3) is 0 Å². The molecule has 1 aromatic heterocycles. The van der Waals surface area contributed by atoms with Gasteiger partial charge in [0.25, 0.3) is 0 Å². The van der Waals surface area contributed by atoms with Crippen LogP contribution >= 0.6 is 22.9 Å². The first-order chi connectivity index (χ1) is 7.59. The molecule has 0 saturated heterocycles. The number of ketones is 1. The van der Waals surface area contributed by atoms with Gasteiger partial charge in [0.15, 0.2) is 5.78 Å². The van der Waals surface area contributed by atoms with Gasteiger partial charge >= 0.3 is 0 Å². The highest BCUT2D eigenvalue weighted by Gasteiger charge is 2.13. The van der Waals surface area contributed by atoms with Crippen LogP contribution in [0.1, 0.15) is 20.8 Å². The van der Waals surface area contributed by atoms with Gasteiger partial charge in [-0.15, -0.1) is 11.3 Å². The second kappa shape index (κ2) is 4.28. The zero-order valence-electron chi connectivity index (χ0n) is 8.66. The summed E-state index contributed by atoms with van der Waals surface area (Å²) in [6.45, 7) is 1.93. The van der Waals surface area contributed by atoms with Crippen molar-refractivity contribution in [3.8, 4) is 0 Å². The fourth-order valence-electron chi connectivity index (χ4n) is 1.44. The molecular formula is C12H10ClNOS. The van der Waals surface area contributed by atoms with Gasteiger partial charge in [0.1, 0.15) is 0 Å². The Morgan fingerprint density at radius 1 is 1.38 bits per heavy atom. The predicted molar refractivity (Wildman–Crippen MR) is 68.4 cm³/mol. The fraction of sp³-hybridized carbons (Fsp3) is 0.0833. The van der Waals surface area contributed by atoms with Gasteiger partial charge in [0, 0.05) is 16.0 Å². The lowest BCUT2D eigenvalue weighted by Crippen LogP contribution is -2.01. The molecule has 1 aromatic carbocycles. The Balaban J connectivity index is 2.42. The zero-order chi connectivity index (χ0) is 11.7. The van der Waals surface area contributed by atoms with Crippen molar-refractivity contribution in [2.75, 3.05) is 5.73 Å². The number of nitrogens with two attached hydrogens (primary N) is 1. The van der Waals surface area contributed by atoms with Crippen molar-refractivity contribution in [1.82, 2.24) is 0 Å². The first-order valence-corrected chi connectivity index (χ1v) is 5.99. The third kappa shape index (κ3) is 1.96. The predicted octanol–water partition coefficient (Wildman–Crippen LogP) is 3.52. The fourth-order valence-corrected chi connectivity index (χ4v) is 2.32. The minimum absolute atomic E-state index is 0.0133. The lowest BCUT2D eigenvalue weighted by atomic mass is 10.0. The van der Waals surface area contributed by atoms with E-state index in [9.17, 15) is 4.79 Å². The Morgan fingerprint density at radius 3 is 2.69 bits per heavy atom.